The summed E-state index contributed by atoms with van der Waals surface area (Å²) >= 11 is 0. The first-order valence-electron chi connectivity index (χ1n) is 7.94. The van der Waals surface area contributed by atoms with Crippen molar-refractivity contribution in [3.05, 3.63) is 52.7 Å². The maximum Gasteiger partial charge on any atom is 0.260 e. The van der Waals surface area contributed by atoms with Crippen LogP contribution in [0.3, 0.4) is 0 Å². The lowest BCUT2D eigenvalue weighted by atomic mass is 10.2. The highest BCUT2D eigenvalue weighted by molar-refractivity contribution is 5.93. The predicted molar refractivity (Wildman–Crippen MR) is 90.1 cm³/mol. The van der Waals surface area contributed by atoms with Gasteiger partial charge in [-0.2, -0.15) is 0 Å². The Hall–Kier alpha value is -2.74. The van der Waals surface area contributed by atoms with Crippen LogP contribution in [0, 0.1) is 0 Å². The highest BCUT2D eigenvalue weighted by Crippen LogP contribution is 2.09. The number of aromatic nitrogens is 3. The van der Waals surface area contributed by atoms with Gasteiger partial charge in [0.15, 0.2) is 0 Å². The van der Waals surface area contributed by atoms with Gasteiger partial charge in [0.05, 0.1) is 0 Å². The van der Waals surface area contributed by atoms with Gasteiger partial charge in [-0.05, 0) is 18.2 Å². The Kier molecular flexibility index (Phi) is 5.17. The minimum atomic E-state index is -0.369. The summed E-state index contributed by atoms with van der Waals surface area (Å²) in [5.41, 5.74) is -0.227. The average molecular weight is 328 g/mol. The van der Waals surface area contributed by atoms with Crippen LogP contribution in [0.1, 0.15) is 10.4 Å². The fraction of sp³-hybridized carbons (Fsp3) is 0.375. The Labute approximate surface area is 139 Å². The highest BCUT2D eigenvalue weighted by Gasteiger charge is 2.18. The molecule has 0 aliphatic carbocycles. The third-order valence-corrected chi connectivity index (χ3v) is 3.98. The van der Waals surface area contributed by atoms with Crippen LogP contribution in [0.4, 0.5) is 5.95 Å². The molecule has 3 heterocycles. The first-order chi connectivity index (χ1) is 11.7. The van der Waals surface area contributed by atoms with Crippen LogP contribution >= 0.6 is 0 Å². The van der Waals surface area contributed by atoms with E-state index in [-0.39, 0.29) is 17.0 Å². The maximum absolute atomic E-state index is 12.0. The Bertz CT molecular complexity index is 725. The Morgan fingerprint density at radius 2 is 1.92 bits per heavy atom. The quantitative estimate of drug-likeness (QED) is 0.784. The van der Waals surface area contributed by atoms with Crippen LogP contribution in [-0.4, -0.2) is 65.0 Å². The molecule has 8 nitrogen and oxygen atoms in total. The molecule has 3 rings (SSSR count). The lowest BCUT2D eigenvalue weighted by Crippen LogP contribution is -2.49. The molecule has 1 amide bonds. The summed E-state index contributed by atoms with van der Waals surface area (Å²) in [6.45, 7) is 4.75. The number of H-pyrrole nitrogens is 1. The first-order valence-corrected chi connectivity index (χ1v) is 7.94. The molecule has 0 unspecified atom stereocenters. The number of amides is 1. The standard InChI is InChI=1S/C16H20N6O2/c23-14-13(3-1-4-17-14)15(24)18-7-8-21-9-11-22(12-10-21)16-19-5-2-6-20-16/h1-6H,7-12H2,(H,17,23)(H,18,24). The lowest BCUT2D eigenvalue weighted by Gasteiger charge is -2.34. The van der Waals surface area contributed by atoms with Gasteiger partial charge in [-0.25, -0.2) is 9.97 Å². The molecule has 1 aliphatic heterocycles. The summed E-state index contributed by atoms with van der Waals surface area (Å²) in [6, 6.07) is 4.97. The van der Waals surface area contributed by atoms with Gasteiger partial charge in [0.25, 0.3) is 11.5 Å². The van der Waals surface area contributed by atoms with Crippen molar-refractivity contribution in [2.75, 3.05) is 44.2 Å². The van der Waals surface area contributed by atoms with Gasteiger partial charge in [-0.3, -0.25) is 14.5 Å². The van der Waals surface area contributed by atoms with Crippen molar-refractivity contribution in [1.82, 2.24) is 25.2 Å². The maximum atomic E-state index is 12.0. The second kappa shape index (κ2) is 7.69. The van der Waals surface area contributed by atoms with E-state index in [0.717, 1.165) is 38.7 Å². The number of nitrogens with one attached hydrogen (secondary N) is 2. The number of nitrogens with zero attached hydrogens (tertiary/aromatic N) is 4. The number of anilines is 1. The molecule has 0 radical (unpaired) electrons. The zero-order chi connectivity index (χ0) is 16.8. The monoisotopic (exact) mass is 328 g/mol. The molecule has 0 bridgehead atoms. The van der Waals surface area contributed by atoms with E-state index >= 15 is 0 Å². The third-order valence-electron chi connectivity index (χ3n) is 3.98. The largest absolute Gasteiger partial charge is 0.351 e. The van der Waals surface area contributed by atoms with Gasteiger partial charge in [-0.15, -0.1) is 0 Å². The second-order valence-corrected chi connectivity index (χ2v) is 5.55. The van der Waals surface area contributed by atoms with Crippen LogP contribution in [0.5, 0.6) is 0 Å². The van der Waals surface area contributed by atoms with Crippen molar-refractivity contribution in [2.45, 2.75) is 0 Å². The van der Waals surface area contributed by atoms with Crippen LogP contribution in [-0.2, 0) is 0 Å². The van der Waals surface area contributed by atoms with Crippen LogP contribution in [0.15, 0.2) is 41.6 Å². The zero-order valence-electron chi connectivity index (χ0n) is 13.3. The van der Waals surface area contributed by atoms with Gasteiger partial charge in [-0.1, -0.05) is 0 Å². The predicted octanol–water partition coefficient (Wildman–Crippen LogP) is -0.283. The molecule has 0 saturated carbocycles. The van der Waals surface area contributed by atoms with Gasteiger partial charge >= 0.3 is 0 Å². The summed E-state index contributed by atoms with van der Waals surface area (Å²) in [6.07, 6.45) is 5.00. The molecule has 126 valence electrons. The number of carbonyl (C=O) groups is 1. The zero-order valence-corrected chi connectivity index (χ0v) is 13.3. The van der Waals surface area contributed by atoms with Crippen LogP contribution < -0.4 is 15.8 Å². The van der Waals surface area contributed by atoms with Gasteiger partial charge in [0.1, 0.15) is 5.56 Å². The van der Waals surface area contributed by atoms with Crippen LogP contribution in [0.2, 0.25) is 0 Å². The Morgan fingerprint density at radius 1 is 1.17 bits per heavy atom. The second-order valence-electron chi connectivity index (χ2n) is 5.55. The number of rotatable bonds is 5. The molecule has 24 heavy (non-hydrogen) atoms. The van der Waals surface area contributed by atoms with Crippen molar-refractivity contribution >= 4 is 11.9 Å². The van der Waals surface area contributed by atoms with Crippen molar-refractivity contribution in [2.24, 2.45) is 0 Å². The molecular weight excluding hydrogens is 308 g/mol. The molecule has 1 fully saturated rings. The van der Waals surface area contributed by atoms with E-state index in [1.54, 1.807) is 24.5 Å². The summed E-state index contributed by atoms with van der Waals surface area (Å²) in [5.74, 6) is 0.418. The molecule has 2 N–H and O–H groups in total. The van der Waals surface area contributed by atoms with Crippen molar-refractivity contribution in [3.63, 3.8) is 0 Å². The molecule has 1 saturated heterocycles. The number of hydrogen-bond donors (Lipinski definition) is 2. The minimum absolute atomic E-state index is 0.142. The number of piperazine rings is 1. The number of carbonyl (C=O) groups excluding carboxylic acids is 1. The van der Waals surface area contributed by atoms with E-state index in [0.29, 0.717) is 6.54 Å². The number of hydrogen-bond acceptors (Lipinski definition) is 6. The van der Waals surface area contributed by atoms with Gasteiger partial charge in [0, 0.05) is 57.9 Å². The summed E-state index contributed by atoms with van der Waals surface area (Å²) in [7, 11) is 0. The van der Waals surface area contributed by atoms with Crippen molar-refractivity contribution in [1.29, 1.82) is 0 Å². The van der Waals surface area contributed by atoms with E-state index in [2.05, 4.69) is 30.1 Å². The van der Waals surface area contributed by atoms with Gasteiger partial charge < -0.3 is 15.2 Å². The Balaban J connectivity index is 1.42. The molecule has 0 atom stereocenters. The molecule has 8 heteroatoms. The molecule has 1 aliphatic rings. The molecule has 2 aromatic rings. The first kappa shape index (κ1) is 16.1. The smallest absolute Gasteiger partial charge is 0.260 e. The number of aromatic amines is 1. The van der Waals surface area contributed by atoms with Crippen LogP contribution in [0.25, 0.3) is 0 Å². The van der Waals surface area contributed by atoms with Crippen molar-refractivity contribution in [3.8, 4) is 0 Å². The van der Waals surface area contributed by atoms with Crippen molar-refractivity contribution < 1.29 is 4.79 Å². The summed E-state index contributed by atoms with van der Waals surface area (Å²) in [5, 5.41) is 2.79. The Morgan fingerprint density at radius 3 is 2.62 bits per heavy atom. The van der Waals surface area contributed by atoms with Gasteiger partial charge in [0.2, 0.25) is 5.95 Å². The average Bonchev–Trinajstić information content (AvgIpc) is 2.63. The minimum Gasteiger partial charge on any atom is -0.351 e. The number of pyridine rings is 1. The molecule has 0 aromatic carbocycles. The SMILES string of the molecule is O=C(NCCN1CCN(c2ncccn2)CC1)c1ccc[nH]c1=O. The van der Waals surface area contributed by atoms with E-state index < -0.39 is 0 Å². The third kappa shape index (κ3) is 3.96. The lowest BCUT2D eigenvalue weighted by molar-refractivity contribution is 0.0946. The molecular formula is C16H20N6O2. The molecule has 2 aromatic heterocycles. The fourth-order valence-electron chi connectivity index (χ4n) is 2.65. The topological polar surface area (TPSA) is 94.2 Å². The summed E-state index contributed by atoms with van der Waals surface area (Å²) in [4.78, 5) is 39.0. The van der Waals surface area contributed by atoms with E-state index in [1.165, 1.54) is 12.3 Å². The highest BCUT2D eigenvalue weighted by atomic mass is 16.2. The molecule has 0 spiro atoms. The normalized spacial score (nSPS) is 15.2. The van der Waals surface area contributed by atoms with E-state index in [9.17, 15) is 9.59 Å². The van der Waals surface area contributed by atoms with E-state index in [1.807, 2.05) is 0 Å². The fourth-order valence-corrected chi connectivity index (χ4v) is 2.65. The summed E-state index contributed by atoms with van der Waals surface area (Å²) < 4.78 is 0. The van der Waals surface area contributed by atoms with E-state index in [4.69, 9.17) is 0 Å².